The quantitative estimate of drug-likeness (QED) is 0.491. The number of nitrogens with one attached hydrogen (secondary N) is 1. The molecule has 0 spiro atoms. The third-order valence-corrected chi connectivity index (χ3v) is 1.97. The molecule has 2 unspecified atom stereocenters. The summed E-state index contributed by atoms with van der Waals surface area (Å²) < 4.78 is 0. The number of rotatable bonds is 0. The Kier molecular flexibility index (Phi) is 3.41. The van der Waals surface area contributed by atoms with Gasteiger partial charge in [-0.25, -0.2) is 0 Å². The molecular weight excluding hydrogens is 136 g/mol. The van der Waals surface area contributed by atoms with Crippen LogP contribution in [0.2, 0.25) is 0 Å². The maximum absolute atomic E-state index is 5.76. The van der Waals surface area contributed by atoms with Crippen molar-refractivity contribution >= 4 is 0 Å². The van der Waals surface area contributed by atoms with Crippen LogP contribution in [0.1, 0.15) is 19.8 Å². The van der Waals surface area contributed by atoms with E-state index < -0.39 is 0 Å². The molecule has 11 heavy (non-hydrogen) atoms. The summed E-state index contributed by atoms with van der Waals surface area (Å²) in [5.41, 5.74) is 5.76. The fraction of sp³-hybridized carbons (Fsp3) is 0.778. The van der Waals surface area contributed by atoms with Crippen LogP contribution < -0.4 is 11.1 Å². The highest BCUT2D eigenvalue weighted by molar-refractivity contribution is 5.08. The molecule has 2 heteroatoms. The number of hydrogen-bond acceptors (Lipinski definition) is 2. The average Bonchev–Trinajstić information content (AvgIpc) is 2.02. The molecule has 2 atom stereocenters. The Balaban J connectivity index is 2.43. The highest BCUT2D eigenvalue weighted by Crippen LogP contribution is 2.08. The van der Waals surface area contributed by atoms with Gasteiger partial charge in [-0.2, -0.15) is 0 Å². The lowest BCUT2D eigenvalue weighted by Gasteiger charge is -2.11. The molecule has 0 aromatic carbocycles. The standard InChI is InChI=1S/C9H16N2/c1-8-4-6-11-5-2-3-9(10)7-8/h8-9,11H,4-7,10H2,1H3. The first kappa shape index (κ1) is 8.58. The summed E-state index contributed by atoms with van der Waals surface area (Å²) in [5, 5.41) is 3.25. The molecule has 1 rings (SSSR count). The van der Waals surface area contributed by atoms with E-state index in [4.69, 9.17) is 5.73 Å². The van der Waals surface area contributed by atoms with Gasteiger partial charge in [0.05, 0.1) is 12.6 Å². The predicted molar refractivity (Wildman–Crippen MR) is 47.0 cm³/mol. The molecule has 3 N–H and O–H groups in total. The molecule has 0 radical (unpaired) electrons. The van der Waals surface area contributed by atoms with E-state index in [1.54, 1.807) is 0 Å². The Bertz CT molecular complexity index is 166. The largest absolute Gasteiger partial charge is 0.318 e. The SMILES string of the molecule is CC1CCNCC#CC(N)C1. The lowest BCUT2D eigenvalue weighted by Crippen LogP contribution is -2.21. The fourth-order valence-electron chi connectivity index (χ4n) is 1.29. The number of hydrogen-bond donors (Lipinski definition) is 2. The van der Waals surface area contributed by atoms with Gasteiger partial charge in [-0.15, -0.1) is 0 Å². The van der Waals surface area contributed by atoms with Crippen LogP contribution in [0.5, 0.6) is 0 Å². The van der Waals surface area contributed by atoms with Crippen molar-refractivity contribution in [2.24, 2.45) is 11.7 Å². The van der Waals surface area contributed by atoms with Gasteiger partial charge < -0.3 is 11.1 Å². The van der Waals surface area contributed by atoms with Crippen molar-refractivity contribution in [3.8, 4) is 11.8 Å². The second kappa shape index (κ2) is 4.38. The zero-order valence-electron chi connectivity index (χ0n) is 7.06. The van der Waals surface area contributed by atoms with E-state index in [2.05, 4.69) is 24.1 Å². The summed E-state index contributed by atoms with van der Waals surface area (Å²) in [5.74, 6) is 6.73. The van der Waals surface area contributed by atoms with Gasteiger partial charge in [0.2, 0.25) is 0 Å². The van der Waals surface area contributed by atoms with Crippen molar-refractivity contribution in [3.63, 3.8) is 0 Å². The Morgan fingerprint density at radius 3 is 3.18 bits per heavy atom. The molecule has 1 heterocycles. The van der Waals surface area contributed by atoms with Crippen LogP contribution in [-0.4, -0.2) is 19.1 Å². The molecule has 0 aromatic rings. The molecule has 0 aliphatic carbocycles. The third kappa shape index (κ3) is 3.41. The van der Waals surface area contributed by atoms with Gasteiger partial charge in [-0.05, 0) is 25.3 Å². The summed E-state index contributed by atoms with van der Waals surface area (Å²) in [6.07, 6.45) is 2.24. The Labute approximate surface area is 68.5 Å². The predicted octanol–water partition coefficient (Wildman–Crippen LogP) is 0.337. The van der Waals surface area contributed by atoms with E-state index in [0.29, 0.717) is 5.92 Å². The van der Waals surface area contributed by atoms with Gasteiger partial charge in [0.1, 0.15) is 0 Å². The maximum atomic E-state index is 5.76. The molecule has 2 nitrogen and oxygen atoms in total. The summed E-state index contributed by atoms with van der Waals surface area (Å²) in [6.45, 7) is 4.09. The zero-order valence-corrected chi connectivity index (χ0v) is 7.06. The molecule has 62 valence electrons. The molecule has 0 amide bonds. The van der Waals surface area contributed by atoms with Crippen LogP contribution >= 0.6 is 0 Å². The van der Waals surface area contributed by atoms with Crippen LogP contribution in [0.25, 0.3) is 0 Å². The van der Waals surface area contributed by atoms with Crippen LogP contribution in [-0.2, 0) is 0 Å². The van der Waals surface area contributed by atoms with E-state index in [1.165, 1.54) is 6.42 Å². The van der Waals surface area contributed by atoms with E-state index >= 15 is 0 Å². The summed E-state index contributed by atoms with van der Waals surface area (Å²) in [4.78, 5) is 0. The molecule has 0 saturated heterocycles. The van der Waals surface area contributed by atoms with E-state index in [0.717, 1.165) is 19.5 Å². The van der Waals surface area contributed by atoms with Crippen LogP contribution in [0, 0.1) is 17.8 Å². The van der Waals surface area contributed by atoms with Gasteiger partial charge in [0, 0.05) is 0 Å². The van der Waals surface area contributed by atoms with Crippen molar-refractivity contribution in [2.75, 3.05) is 13.1 Å². The fourth-order valence-corrected chi connectivity index (χ4v) is 1.29. The molecule has 0 saturated carbocycles. The second-order valence-corrected chi connectivity index (χ2v) is 3.23. The van der Waals surface area contributed by atoms with Gasteiger partial charge in [0.15, 0.2) is 0 Å². The van der Waals surface area contributed by atoms with Gasteiger partial charge in [-0.1, -0.05) is 18.8 Å². The van der Waals surface area contributed by atoms with Crippen LogP contribution in [0.15, 0.2) is 0 Å². The second-order valence-electron chi connectivity index (χ2n) is 3.23. The molecule has 0 fully saturated rings. The topological polar surface area (TPSA) is 38.0 Å². The summed E-state index contributed by atoms with van der Waals surface area (Å²) in [6, 6.07) is 0.0879. The highest BCUT2D eigenvalue weighted by atomic mass is 14.8. The van der Waals surface area contributed by atoms with Crippen LogP contribution in [0.3, 0.4) is 0 Å². The monoisotopic (exact) mass is 152 g/mol. The highest BCUT2D eigenvalue weighted by Gasteiger charge is 2.07. The van der Waals surface area contributed by atoms with E-state index in [9.17, 15) is 0 Å². The molecule has 1 aliphatic rings. The normalized spacial score (nSPS) is 32.5. The molecular formula is C9H16N2. The Hall–Kier alpha value is -0.520. The van der Waals surface area contributed by atoms with Crippen LogP contribution in [0.4, 0.5) is 0 Å². The zero-order chi connectivity index (χ0) is 8.10. The van der Waals surface area contributed by atoms with Crippen molar-refractivity contribution in [2.45, 2.75) is 25.8 Å². The molecule has 0 bridgehead atoms. The van der Waals surface area contributed by atoms with Crippen molar-refractivity contribution in [1.82, 2.24) is 5.32 Å². The minimum atomic E-state index is 0.0879. The van der Waals surface area contributed by atoms with Gasteiger partial charge in [0.25, 0.3) is 0 Å². The van der Waals surface area contributed by atoms with Gasteiger partial charge >= 0.3 is 0 Å². The first-order chi connectivity index (χ1) is 5.29. The summed E-state index contributed by atoms with van der Waals surface area (Å²) in [7, 11) is 0. The van der Waals surface area contributed by atoms with Crippen molar-refractivity contribution in [3.05, 3.63) is 0 Å². The van der Waals surface area contributed by atoms with Crippen molar-refractivity contribution in [1.29, 1.82) is 0 Å². The minimum Gasteiger partial charge on any atom is -0.318 e. The van der Waals surface area contributed by atoms with Gasteiger partial charge in [-0.3, -0.25) is 0 Å². The minimum absolute atomic E-state index is 0.0879. The van der Waals surface area contributed by atoms with E-state index in [1.807, 2.05) is 0 Å². The Morgan fingerprint density at radius 2 is 2.36 bits per heavy atom. The lowest BCUT2D eigenvalue weighted by atomic mass is 10.00. The summed E-state index contributed by atoms with van der Waals surface area (Å²) >= 11 is 0. The average molecular weight is 152 g/mol. The first-order valence-corrected chi connectivity index (χ1v) is 4.23. The van der Waals surface area contributed by atoms with E-state index in [-0.39, 0.29) is 6.04 Å². The molecule has 0 aromatic heterocycles. The maximum Gasteiger partial charge on any atom is 0.0667 e. The first-order valence-electron chi connectivity index (χ1n) is 4.23. The third-order valence-electron chi connectivity index (χ3n) is 1.97. The number of nitrogens with two attached hydrogens (primary N) is 1. The Morgan fingerprint density at radius 1 is 1.55 bits per heavy atom. The lowest BCUT2D eigenvalue weighted by molar-refractivity contribution is 0.465. The van der Waals surface area contributed by atoms with Crippen molar-refractivity contribution < 1.29 is 0 Å². The smallest absolute Gasteiger partial charge is 0.0667 e. The molecule has 1 aliphatic heterocycles.